The third kappa shape index (κ3) is 5.60. The van der Waals surface area contributed by atoms with E-state index in [0.29, 0.717) is 0 Å². The lowest BCUT2D eigenvalue weighted by Gasteiger charge is -2.41. The number of hydrogen-bond acceptors (Lipinski definition) is 8. The summed E-state index contributed by atoms with van der Waals surface area (Å²) in [5.41, 5.74) is 0. The Labute approximate surface area is 160 Å². The van der Waals surface area contributed by atoms with Crippen molar-refractivity contribution in [3.63, 3.8) is 0 Å². The molecule has 0 aromatic carbocycles. The maximum atomic E-state index is 10.7. The minimum absolute atomic E-state index is 0.0226. The average molecular weight is 394 g/mol. The number of carboxylic acids is 1. The van der Waals surface area contributed by atoms with E-state index in [0.717, 1.165) is 0 Å². The van der Waals surface area contributed by atoms with Crippen LogP contribution < -0.4 is 0 Å². The van der Waals surface area contributed by atoms with Crippen LogP contribution in [0.15, 0.2) is 0 Å². The van der Waals surface area contributed by atoms with Crippen molar-refractivity contribution in [2.45, 2.75) is 64.7 Å². The van der Waals surface area contributed by atoms with Crippen LogP contribution in [0.3, 0.4) is 0 Å². The molecule has 4 N–H and O–H groups in total. The zero-order chi connectivity index (χ0) is 20.9. The lowest BCUT2D eigenvalue weighted by molar-refractivity contribution is -0.260. The van der Waals surface area contributed by atoms with E-state index >= 15 is 0 Å². The monoisotopic (exact) mass is 394 g/mol. The van der Waals surface area contributed by atoms with E-state index in [1.807, 2.05) is 20.8 Å². The van der Waals surface area contributed by atoms with Gasteiger partial charge in [0.25, 0.3) is 0 Å². The fourth-order valence-electron chi connectivity index (χ4n) is 3.35. The Balaban J connectivity index is 0.000000271. The van der Waals surface area contributed by atoms with Gasteiger partial charge < -0.3 is 39.4 Å². The molecule has 27 heavy (non-hydrogen) atoms. The molecule has 0 saturated carbocycles. The van der Waals surface area contributed by atoms with Crippen LogP contribution in [0.2, 0.25) is 0 Å². The summed E-state index contributed by atoms with van der Waals surface area (Å²) in [6.45, 7) is 7.39. The molecule has 10 atom stereocenters. The first-order valence-corrected chi connectivity index (χ1v) is 9.16. The van der Waals surface area contributed by atoms with Crippen molar-refractivity contribution < 1.29 is 44.2 Å². The Kier molecular flexibility index (Phi) is 9.56. The van der Waals surface area contributed by atoms with Gasteiger partial charge in [0.15, 0.2) is 18.7 Å². The fraction of sp³-hybridized carbons (Fsp3) is 0.944. The summed E-state index contributed by atoms with van der Waals surface area (Å²) in [5, 5.41) is 37.0. The molecule has 2 heterocycles. The van der Waals surface area contributed by atoms with E-state index in [1.54, 1.807) is 14.0 Å². The summed E-state index contributed by atoms with van der Waals surface area (Å²) in [6, 6.07) is 0. The summed E-state index contributed by atoms with van der Waals surface area (Å²) >= 11 is 0. The fourth-order valence-corrected chi connectivity index (χ4v) is 3.35. The van der Waals surface area contributed by atoms with E-state index in [4.69, 9.17) is 29.2 Å². The van der Waals surface area contributed by atoms with Gasteiger partial charge in [0.05, 0.1) is 18.8 Å². The molecule has 160 valence electrons. The predicted octanol–water partition coefficient (Wildman–Crippen LogP) is 0.0585. The molecular formula is C18H34O9. The van der Waals surface area contributed by atoms with E-state index < -0.39 is 36.7 Å². The Morgan fingerprint density at radius 3 is 1.70 bits per heavy atom. The second-order valence-electron chi connectivity index (χ2n) is 7.38. The molecule has 9 nitrogen and oxygen atoms in total. The lowest BCUT2D eigenvalue weighted by Crippen LogP contribution is -2.52. The zero-order valence-corrected chi connectivity index (χ0v) is 16.8. The van der Waals surface area contributed by atoms with Crippen LogP contribution in [0.25, 0.3) is 0 Å². The number of rotatable bonds is 4. The second kappa shape index (κ2) is 10.7. The Morgan fingerprint density at radius 1 is 0.852 bits per heavy atom. The predicted molar refractivity (Wildman–Crippen MR) is 94.7 cm³/mol. The molecule has 2 saturated heterocycles. The summed E-state index contributed by atoms with van der Waals surface area (Å²) < 4.78 is 20.6. The van der Waals surface area contributed by atoms with Crippen LogP contribution in [0.4, 0.5) is 0 Å². The van der Waals surface area contributed by atoms with Crippen LogP contribution in [0.5, 0.6) is 0 Å². The van der Waals surface area contributed by atoms with Gasteiger partial charge >= 0.3 is 5.97 Å². The van der Waals surface area contributed by atoms with Crippen molar-refractivity contribution in [1.82, 2.24) is 0 Å². The molecule has 0 bridgehead atoms. The number of aliphatic carboxylic acids is 1. The Hall–Kier alpha value is -0.810. The smallest absolute Gasteiger partial charge is 0.335 e. The topological polar surface area (TPSA) is 135 Å². The molecule has 0 aliphatic carbocycles. The molecule has 2 fully saturated rings. The van der Waals surface area contributed by atoms with E-state index in [2.05, 4.69) is 0 Å². The normalized spacial score (nSPS) is 44.9. The maximum absolute atomic E-state index is 10.7. The van der Waals surface area contributed by atoms with Gasteiger partial charge in [0, 0.05) is 26.1 Å². The maximum Gasteiger partial charge on any atom is 0.335 e. The van der Waals surface area contributed by atoms with Crippen LogP contribution in [0.1, 0.15) is 27.7 Å². The van der Waals surface area contributed by atoms with Gasteiger partial charge in [-0.2, -0.15) is 0 Å². The second-order valence-corrected chi connectivity index (χ2v) is 7.38. The van der Waals surface area contributed by atoms with Crippen molar-refractivity contribution in [3.05, 3.63) is 0 Å². The van der Waals surface area contributed by atoms with E-state index in [9.17, 15) is 15.0 Å². The van der Waals surface area contributed by atoms with E-state index in [-0.39, 0.29) is 36.6 Å². The number of ether oxygens (including phenoxy) is 4. The molecule has 0 aromatic rings. The van der Waals surface area contributed by atoms with Crippen LogP contribution in [0, 0.1) is 23.7 Å². The van der Waals surface area contributed by atoms with Crippen molar-refractivity contribution in [2.24, 2.45) is 23.7 Å². The number of aliphatic hydroxyl groups excluding tert-OH is 3. The number of carboxylic acid groups (broad SMARTS) is 1. The van der Waals surface area contributed by atoms with Gasteiger partial charge in [-0.25, -0.2) is 4.79 Å². The van der Waals surface area contributed by atoms with Gasteiger partial charge in [-0.1, -0.05) is 27.7 Å². The third-order valence-corrected chi connectivity index (χ3v) is 5.76. The Bertz CT molecular complexity index is 438. The summed E-state index contributed by atoms with van der Waals surface area (Å²) in [5.74, 6) is -1.11. The number of hydrogen-bond donors (Lipinski definition) is 4. The SMILES string of the molecule is CO[C@@H]1OC(C(=O)O)[C@@H](O)C(C)C1C.CO[C@@H]1OC(CO)[C@@H](O)C(C)C1C. The lowest BCUT2D eigenvalue weighted by atomic mass is 9.85. The van der Waals surface area contributed by atoms with Gasteiger partial charge in [0.2, 0.25) is 0 Å². The molecule has 9 heteroatoms. The number of methoxy groups -OCH3 is 2. The van der Waals surface area contributed by atoms with Crippen molar-refractivity contribution in [2.75, 3.05) is 20.8 Å². The molecular weight excluding hydrogens is 360 g/mol. The zero-order valence-electron chi connectivity index (χ0n) is 16.8. The van der Waals surface area contributed by atoms with Crippen molar-refractivity contribution >= 4 is 5.97 Å². The summed E-state index contributed by atoms with van der Waals surface area (Å²) in [4.78, 5) is 10.7. The highest BCUT2D eigenvalue weighted by Crippen LogP contribution is 2.31. The van der Waals surface area contributed by atoms with Crippen LogP contribution >= 0.6 is 0 Å². The largest absolute Gasteiger partial charge is 0.479 e. The highest BCUT2D eigenvalue weighted by Gasteiger charge is 2.44. The average Bonchev–Trinajstić information content (AvgIpc) is 2.65. The molecule has 0 amide bonds. The van der Waals surface area contributed by atoms with Crippen molar-refractivity contribution in [3.8, 4) is 0 Å². The van der Waals surface area contributed by atoms with Crippen LogP contribution in [-0.2, 0) is 23.7 Å². The third-order valence-electron chi connectivity index (χ3n) is 5.76. The Morgan fingerprint density at radius 2 is 1.30 bits per heavy atom. The van der Waals surface area contributed by atoms with Gasteiger partial charge in [0.1, 0.15) is 6.10 Å². The highest BCUT2D eigenvalue weighted by atomic mass is 16.7. The minimum Gasteiger partial charge on any atom is -0.479 e. The quantitative estimate of drug-likeness (QED) is 0.522. The first-order valence-electron chi connectivity index (χ1n) is 9.16. The molecule has 2 rings (SSSR count). The van der Waals surface area contributed by atoms with Crippen LogP contribution in [-0.4, -0.2) is 84.2 Å². The van der Waals surface area contributed by atoms with Gasteiger partial charge in [-0.05, 0) is 11.8 Å². The summed E-state index contributed by atoms with van der Waals surface area (Å²) in [6.07, 6.45) is -4.17. The standard InChI is InChI=1S/C9H16O5.C9H18O4/c1-4-5(2)9(13-3)14-7(6(4)10)8(11)12;1-5-6(2)9(12-3)13-7(4-10)8(5)11/h4-7,9-10H,1-3H3,(H,11,12);5-11H,4H2,1-3H3/t4?,5?,6-,7?,9+;5?,6?,7?,8-,9+/m00/s1. The first kappa shape index (κ1) is 24.2. The molecule has 0 radical (unpaired) electrons. The van der Waals surface area contributed by atoms with Gasteiger partial charge in [-0.3, -0.25) is 0 Å². The minimum atomic E-state index is -1.19. The number of carbonyl (C=O) groups is 1. The van der Waals surface area contributed by atoms with Gasteiger partial charge in [-0.15, -0.1) is 0 Å². The molecule has 6 unspecified atom stereocenters. The highest BCUT2D eigenvalue weighted by molar-refractivity contribution is 5.73. The van der Waals surface area contributed by atoms with E-state index in [1.165, 1.54) is 7.11 Å². The summed E-state index contributed by atoms with van der Waals surface area (Å²) in [7, 11) is 3.03. The molecule has 2 aliphatic rings. The molecule has 0 aromatic heterocycles. The number of aliphatic hydroxyl groups is 3. The molecule has 0 spiro atoms. The molecule has 2 aliphatic heterocycles. The van der Waals surface area contributed by atoms with Crippen molar-refractivity contribution in [1.29, 1.82) is 0 Å². The first-order chi connectivity index (χ1) is 12.6.